The van der Waals surface area contributed by atoms with Crippen LogP contribution in [-0.4, -0.2) is 25.0 Å². The van der Waals surface area contributed by atoms with Gasteiger partial charge in [-0.25, -0.2) is 0 Å². The minimum absolute atomic E-state index is 0. The average Bonchev–Trinajstić information content (AvgIpc) is 2.76. The van der Waals surface area contributed by atoms with E-state index in [0.29, 0.717) is 12.5 Å². The van der Waals surface area contributed by atoms with Gasteiger partial charge in [0.25, 0.3) is 0 Å². The van der Waals surface area contributed by atoms with Crippen LogP contribution in [0.4, 0.5) is 0 Å². The van der Waals surface area contributed by atoms with E-state index in [0.717, 1.165) is 25.1 Å². The molecule has 0 aliphatic carbocycles. The van der Waals surface area contributed by atoms with Crippen molar-refractivity contribution in [3.63, 3.8) is 0 Å². The molecule has 1 atom stereocenters. The quantitative estimate of drug-likeness (QED) is 0.841. The number of carbonyl (C=O) groups excluding carboxylic acids is 1. The van der Waals surface area contributed by atoms with E-state index in [1.54, 1.807) is 11.3 Å². The van der Waals surface area contributed by atoms with E-state index in [4.69, 9.17) is 0 Å². The lowest BCUT2D eigenvalue weighted by Crippen LogP contribution is -2.37. The third-order valence-electron chi connectivity index (χ3n) is 2.37. The lowest BCUT2D eigenvalue weighted by atomic mass is 10.2. The van der Waals surface area contributed by atoms with Crippen molar-refractivity contribution in [3.05, 3.63) is 22.4 Å². The van der Waals surface area contributed by atoms with Crippen LogP contribution in [-0.2, 0) is 11.2 Å². The van der Waals surface area contributed by atoms with Gasteiger partial charge in [-0.3, -0.25) is 4.79 Å². The Balaban J connectivity index is 0.00000112. The molecule has 2 rings (SSSR count). The van der Waals surface area contributed by atoms with Gasteiger partial charge in [0, 0.05) is 12.6 Å². The Hall–Kier alpha value is -0.580. The van der Waals surface area contributed by atoms with Gasteiger partial charge in [0.1, 0.15) is 0 Å². The van der Waals surface area contributed by atoms with E-state index in [2.05, 4.69) is 10.6 Å². The fourth-order valence-electron chi connectivity index (χ4n) is 1.64. The Morgan fingerprint density at radius 3 is 3.13 bits per heavy atom. The molecule has 1 aromatic rings. The third-order valence-corrected chi connectivity index (χ3v) is 3.10. The van der Waals surface area contributed by atoms with Crippen LogP contribution in [0.1, 0.15) is 12.0 Å². The van der Waals surface area contributed by atoms with Crippen LogP contribution < -0.4 is 10.6 Å². The van der Waals surface area contributed by atoms with E-state index in [1.165, 1.54) is 0 Å². The molecule has 15 heavy (non-hydrogen) atoms. The zero-order valence-corrected chi connectivity index (χ0v) is 10.00. The number of hydrogen-bond acceptors (Lipinski definition) is 3. The molecule has 2 N–H and O–H groups in total. The first-order valence-corrected chi connectivity index (χ1v) is 5.80. The smallest absolute Gasteiger partial charge is 0.224 e. The minimum Gasteiger partial charge on any atom is -0.352 e. The Bertz CT molecular complexity index is 296. The molecule has 84 valence electrons. The summed E-state index contributed by atoms with van der Waals surface area (Å²) >= 11 is 1.63. The highest BCUT2D eigenvalue weighted by Crippen LogP contribution is 2.07. The normalized spacial score (nSPS) is 19.6. The molecule has 0 aromatic carbocycles. The fourth-order valence-corrected chi connectivity index (χ4v) is 2.30. The number of nitrogens with one attached hydrogen (secondary N) is 2. The molecule has 0 saturated carbocycles. The first-order valence-electron chi connectivity index (χ1n) is 4.86. The second kappa shape index (κ2) is 6.10. The number of amides is 1. The molecule has 0 bridgehead atoms. The molecule has 0 radical (unpaired) electrons. The van der Waals surface area contributed by atoms with Crippen LogP contribution in [0, 0.1) is 0 Å². The monoisotopic (exact) mass is 246 g/mol. The number of thiophene rings is 1. The first kappa shape index (κ1) is 12.5. The predicted octanol–water partition coefficient (Wildman–Crippen LogP) is 1.19. The lowest BCUT2D eigenvalue weighted by Gasteiger charge is -2.10. The van der Waals surface area contributed by atoms with Crippen molar-refractivity contribution in [2.24, 2.45) is 0 Å². The summed E-state index contributed by atoms with van der Waals surface area (Å²) < 4.78 is 0. The van der Waals surface area contributed by atoms with Gasteiger partial charge in [-0.1, -0.05) is 0 Å². The zero-order valence-electron chi connectivity index (χ0n) is 8.36. The maximum atomic E-state index is 11.5. The molecular formula is C10H15ClN2OS. The number of halogens is 1. The SMILES string of the molecule is Cl.O=C(Cc1ccsc1)NC1CCNC1. The van der Waals surface area contributed by atoms with Gasteiger partial charge in [-0.15, -0.1) is 12.4 Å². The van der Waals surface area contributed by atoms with Crippen molar-refractivity contribution >= 4 is 29.7 Å². The summed E-state index contributed by atoms with van der Waals surface area (Å²) in [5.41, 5.74) is 1.11. The topological polar surface area (TPSA) is 41.1 Å². The van der Waals surface area contributed by atoms with Crippen molar-refractivity contribution in [2.75, 3.05) is 13.1 Å². The lowest BCUT2D eigenvalue weighted by molar-refractivity contribution is -0.121. The molecule has 1 saturated heterocycles. The highest BCUT2D eigenvalue weighted by Gasteiger charge is 2.16. The maximum absolute atomic E-state index is 11.5. The van der Waals surface area contributed by atoms with Gasteiger partial charge in [0.15, 0.2) is 0 Å². The summed E-state index contributed by atoms with van der Waals surface area (Å²) in [6, 6.07) is 2.33. The van der Waals surface area contributed by atoms with Crippen LogP contribution in [0.5, 0.6) is 0 Å². The van der Waals surface area contributed by atoms with Gasteiger partial charge >= 0.3 is 0 Å². The summed E-state index contributed by atoms with van der Waals surface area (Å²) in [4.78, 5) is 11.5. The summed E-state index contributed by atoms with van der Waals surface area (Å²) in [5, 5.41) is 10.3. The van der Waals surface area contributed by atoms with Crippen LogP contribution in [0.3, 0.4) is 0 Å². The van der Waals surface area contributed by atoms with Crippen molar-refractivity contribution in [2.45, 2.75) is 18.9 Å². The summed E-state index contributed by atoms with van der Waals surface area (Å²) in [7, 11) is 0. The van der Waals surface area contributed by atoms with Gasteiger partial charge < -0.3 is 10.6 Å². The summed E-state index contributed by atoms with van der Waals surface area (Å²) in [6.07, 6.45) is 1.56. The molecule has 1 aromatic heterocycles. The highest BCUT2D eigenvalue weighted by molar-refractivity contribution is 7.07. The fraction of sp³-hybridized carbons (Fsp3) is 0.500. The third kappa shape index (κ3) is 3.81. The van der Waals surface area contributed by atoms with Gasteiger partial charge in [-0.2, -0.15) is 11.3 Å². The molecule has 0 spiro atoms. The van der Waals surface area contributed by atoms with E-state index < -0.39 is 0 Å². The molecule has 5 heteroatoms. The first-order chi connectivity index (χ1) is 6.84. The molecule has 1 unspecified atom stereocenters. The molecule has 1 fully saturated rings. The minimum atomic E-state index is 0. The Morgan fingerprint density at radius 1 is 1.67 bits per heavy atom. The Labute approximate surface area is 99.7 Å². The number of hydrogen-bond donors (Lipinski definition) is 2. The molecule has 2 heterocycles. The van der Waals surface area contributed by atoms with E-state index in [1.807, 2.05) is 16.8 Å². The maximum Gasteiger partial charge on any atom is 0.224 e. The molecular weight excluding hydrogens is 232 g/mol. The van der Waals surface area contributed by atoms with Crippen molar-refractivity contribution in [1.29, 1.82) is 0 Å². The Morgan fingerprint density at radius 2 is 2.53 bits per heavy atom. The van der Waals surface area contributed by atoms with Gasteiger partial charge in [0.2, 0.25) is 5.91 Å². The van der Waals surface area contributed by atoms with Crippen molar-refractivity contribution < 1.29 is 4.79 Å². The van der Waals surface area contributed by atoms with Crippen LogP contribution in [0.15, 0.2) is 16.8 Å². The Kier molecular flexibility index (Phi) is 5.08. The van der Waals surface area contributed by atoms with E-state index in [9.17, 15) is 4.79 Å². The van der Waals surface area contributed by atoms with Crippen LogP contribution >= 0.6 is 23.7 Å². The van der Waals surface area contributed by atoms with Crippen molar-refractivity contribution in [3.8, 4) is 0 Å². The zero-order chi connectivity index (χ0) is 9.80. The molecule has 1 aliphatic rings. The van der Waals surface area contributed by atoms with Crippen molar-refractivity contribution in [1.82, 2.24) is 10.6 Å². The molecule has 1 amide bonds. The summed E-state index contributed by atoms with van der Waals surface area (Å²) in [6.45, 7) is 1.93. The van der Waals surface area contributed by atoms with E-state index >= 15 is 0 Å². The van der Waals surface area contributed by atoms with Gasteiger partial charge in [0.05, 0.1) is 6.42 Å². The number of carbonyl (C=O) groups is 1. The van der Waals surface area contributed by atoms with Gasteiger partial charge in [-0.05, 0) is 35.4 Å². The summed E-state index contributed by atoms with van der Waals surface area (Å²) in [5.74, 6) is 0.136. The predicted molar refractivity (Wildman–Crippen MR) is 64.7 cm³/mol. The standard InChI is InChI=1S/C10H14N2OS.ClH/c13-10(5-8-2-4-14-7-8)12-9-1-3-11-6-9;/h2,4,7,9,11H,1,3,5-6H2,(H,12,13);1H. The molecule has 1 aliphatic heterocycles. The van der Waals surface area contributed by atoms with Crippen LogP contribution in [0.2, 0.25) is 0 Å². The largest absolute Gasteiger partial charge is 0.352 e. The second-order valence-electron chi connectivity index (χ2n) is 3.57. The molecule has 3 nitrogen and oxygen atoms in total. The van der Waals surface area contributed by atoms with E-state index in [-0.39, 0.29) is 18.3 Å². The average molecular weight is 247 g/mol. The number of rotatable bonds is 3. The van der Waals surface area contributed by atoms with Crippen LogP contribution in [0.25, 0.3) is 0 Å². The highest BCUT2D eigenvalue weighted by atomic mass is 35.5. The second-order valence-corrected chi connectivity index (χ2v) is 4.35.